The number of carbonyl (C=O) groups excluding carboxylic acids is 1. The van der Waals surface area contributed by atoms with Crippen molar-refractivity contribution in [1.29, 1.82) is 0 Å². The first-order valence-corrected chi connectivity index (χ1v) is 10.1. The first-order valence-electron chi connectivity index (χ1n) is 8.88. The number of hydrogen-bond acceptors (Lipinski definition) is 5. The SMILES string of the molecule is COC(=O)c1c(NC(=S)Nc2ccc(OC)cc2C)sc2c1CCC(C)C2. The number of rotatable bonds is 4. The third-order valence-corrected chi connectivity index (χ3v) is 6.18. The molecule has 1 unspecified atom stereocenters. The second-order valence-electron chi connectivity index (χ2n) is 6.81. The summed E-state index contributed by atoms with van der Waals surface area (Å²) in [6.45, 7) is 4.23. The highest BCUT2D eigenvalue weighted by Gasteiger charge is 2.28. The molecule has 0 spiro atoms. The molecular weight excluding hydrogens is 380 g/mol. The van der Waals surface area contributed by atoms with E-state index >= 15 is 0 Å². The molecule has 1 aromatic heterocycles. The van der Waals surface area contributed by atoms with Crippen LogP contribution in [0.25, 0.3) is 0 Å². The van der Waals surface area contributed by atoms with Crippen LogP contribution in [-0.4, -0.2) is 25.3 Å². The Morgan fingerprint density at radius 3 is 2.74 bits per heavy atom. The zero-order chi connectivity index (χ0) is 19.6. The Morgan fingerprint density at radius 1 is 1.30 bits per heavy atom. The minimum Gasteiger partial charge on any atom is -0.497 e. The van der Waals surface area contributed by atoms with E-state index in [9.17, 15) is 4.79 Å². The summed E-state index contributed by atoms with van der Waals surface area (Å²) in [7, 11) is 3.06. The summed E-state index contributed by atoms with van der Waals surface area (Å²) in [6.07, 6.45) is 2.97. The maximum atomic E-state index is 12.4. The maximum absolute atomic E-state index is 12.4. The van der Waals surface area contributed by atoms with Gasteiger partial charge in [-0.05, 0) is 73.6 Å². The lowest BCUT2D eigenvalue weighted by atomic mass is 9.88. The fraction of sp³-hybridized carbons (Fsp3) is 0.400. The number of methoxy groups -OCH3 is 2. The number of carbonyl (C=O) groups is 1. The van der Waals surface area contributed by atoms with E-state index in [1.807, 2.05) is 25.1 Å². The molecule has 144 valence electrons. The van der Waals surface area contributed by atoms with E-state index < -0.39 is 0 Å². The highest BCUT2D eigenvalue weighted by Crippen LogP contribution is 2.40. The van der Waals surface area contributed by atoms with E-state index in [1.165, 1.54) is 12.0 Å². The van der Waals surface area contributed by atoms with Crippen LogP contribution in [0.4, 0.5) is 10.7 Å². The fourth-order valence-corrected chi connectivity index (χ4v) is 5.00. The summed E-state index contributed by atoms with van der Waals surface area (Å²) >= 11 is 7.09. The molecule has 1 aliphatic rings. The Balaban J connectivity index is 1.82. The van der Waals surface area contributed by atoms with E-state index in [1.54, 1.807) is 18.4 Å². The van der Waals surface area contributed by atoms with Crippen LogP contribution in [0.5, 0.6) is 5.75 Å². The molecule has 1 aliphatic carbocycles. The molecule has 1 aromatic carbocycles. The molecule has 1 atom stereocenters. The lowest BCUT2D eigenvalue weighted by Gasteiger charge is -2.18. The van der Waals surface area contributed by atoms with Crippen molar-refractivity contribution in [1.82, 2.24) is 0 Å². The molecule has 0 fully saturated rings. The standard InChI is InChI=1S/C20H24N2O3S2/c1-11-5-7-14-16(9-11)27-18(17(14)19(23)25-4)22-20(26)21-15-8-6-13(24-3)10-12(15)2/h6,8,10-11H,5,7,9H2,1-4H3,(H2,21,22,26). The number of thiocarbonyl (C=S) groups is 1. The minimum absolute atomic E-state index is 0.312. The van der Waals surface area contributed by atoms with Crippen molar-refractivity contribution in [3.63, 3.8) is 0 Å². The van der Waals surface area contributed by atoms with E-state index in [2.05, 4.69) is 17.6 Å². The van der Waals surface area contributed by atoms with E-state index in [0.29, 0.717) is 16.6 Å². The Labute approximate surface area is 169 Å². The van der Waals surface area contributed by atoms with Crippen molar-refractivity contribution < 1.29 is 14.3 Å². The van der Waals surface area contributed by atoms with Gasteiger partial charge in [0, 0.05) is 10.6 Å². The van der Waals surface area contributed by atoms with Crippen molar-refractivity contribution in [2.45, 2.75) is 33.1 Å². The van der Waals surface area contributed by atoms with Crippen LogP contribution in [0.2, 0.25) is 0 Å². The molecule has 2 aromatic rings. The summed E-state index contributed by atoms with van der Waals surface area (Å²) < 4.78 is 10.3. The molecular formula is C20H24N2O3S2. The molecule has 2 N–H and O–H groups in total. The lowest BCUT2D eigenvalue weighted by molar-refractivity contribution is 0.0601. The van der Waals surface area contributed by atoms with Crippen LogP contribution in [0, 0.1) is 12.8 Å². The quantitative estimate of drug-likeness (QED) is 0.565. The second kappa shape index (κ2) is 8.27. The molecule has 0 aliphatic heterocycles. The van der Waals surface area contributed by atoms with Gasteiger partial charge in [-0.1, -0.05) is 6.92 Å². The smallest absolute Gasteiger partial charge is 0.341 e. The summed E-state index contributed by atoms with van der Waals surface area (Å²) in [5.74, 6) is 1.11. The molecule has 0 saturated heterocycles. The van der Waals surface area contributed by atoms with Crippen molar-refractivity contribution >= 4 is 45.3 Å². The van der Waals surface area contributed by atoms with Gasteiger partial charge in [0.1, 0.15) is 10.8 Å². The van der Waals surface area contributed by atoms with Gasteiger partial charge < -0.3 is 20.1 Å². The van der Waals surface area contributed by atoms with Crippen LogP contribution in [0.3, 0.4) is 0 Å². The minimum atomic E-state index is -0.312. The van der Waals surface area contributed by atoms with Gasteiger partial charge in [0.15, 0.2) is 5.11 Å². The number of esters is 1. The van der Waals surface area contributed by atoms with Crippen molar-refractivity contribution in [2.75, 3.05) is 24.9 Å². The van der Waals surface area contributed by atoms with Gasteiger partial charge in [0.25, 0.3) is 0 Å². The molecule has 27 heavy (non-hydrogen) atoms. The second-order valence-corrected chi connectivity index (χ2v) is 8.32. The Kier molecular flexibility index (Phi) is 6.01. The zero-order valence-electron chi connectivity index (χ0n) is 16.0. The highest BCUT2D eigenvalue weighted by atomic mass is 32.1. The Hall–Kier alpha value is -2.12. The Bertz CT molecular complexity index is 876. The van der Waals surface area contributed by atoms with Crippen molar-refractivity contribution in [3.8, 4) is 5.75 Å². The lowest BCUT2D eigenvalue weighted by Crippen LogP contribution is -2.21. The molecule has 3 rings (SSSR count). The third-order valence-electron chi connectivity index (χ3n) is 4.81. The number of thiophene rings is 1. The predicted molar refractivity (Wildman–Crippen MR) is 114 cm³/mol. The number of hydrogen-bond donors (Lipinski definition) is 2. The largest absolute Gasteiger partial charge is 0.497 e. The van der Waals surface area contributed by atoms with Crippen LogP contribution in [-0.2, 0) is 17.6 Å². The monoisotopic (exact) mass is 404 g/mol. The van der Waals surface area contributed by atoms with Crippen molar-refractivity contribution in [3.05, 3.63) is 39.8 Å². The highest BCUT2D eigenvalue weighted by molar-refractivity contribution is 7.80. The van der Waals surface area contributed by atoms with E-state index in [-0.39, 0.29) is 5.97 Å². The molecule has 1 heterocycles. The molecule has 7 heteroatoms. The number of aryl methyl sites for hydroxylation is 1. The number of ether oxygens (including phenoxy) is 2. The van der Waals surface area contributed by atoms with Crippen LogP contribution in [0.1, 0.15) is 39.7 Å². The fourth-order valence-electron chi connectivity index (χ4n) is 3.32. The molecule has 0 saturated carbocycles. The first-order chi connectivity index (χ1) is 12.9. The summed E-state index contributed by atoms with van der Waals surface area (Å²) in [5, 5.41) is 7.61. The van der Waals surface area contributed by atoms with Gasteiger partial charge in [0.2, 0.25) is 0 Å². The van der Waals surface area contributed by atoms with Gasteiger partial charge in [-0.15, -0.1) is 11.3 Å². The summed E-state index contributed by atoms with van der Waals surface area (Å²) in [5.41, 5.74) is 3.64. The number of benzene rings is 1. The topological polar surface area (TPSA) is 59.6 Å². The average Bonchev–Trinajstić information content (AvgIpc) is 2.99. The van der Waals surface area contributed by atoms with Crippen LogP contribution < -0.4 is 15.4 Å². The van der Waals surface area contributed by atoms with Crippen LogP contribution >= 0.6 is 23.6 Å². The summed E-state index contributed by atoms with van der Waals surface area (Å²) in [6, 6.07) is 5.74. The molecule has 0 bridgehead atoms. The third kappa shape index (κ3) is 4.25. The van der Waals surface area contributed by atoms with Gasteiger partial charge in [-0.25, -0.2) is 4.79 Å². The predicted octanol–water partition coefficient (Wildman–Crippen LogP) is 4.79. The van der Waals surface area contributed by atoms with Gasteiger partial charge in [-0.2, -0.15) is 0 Å². The molecule has 0 radical (unpaired) electrons. The van der Waals surface area contributed by atoms with Gasteiger partial charge in [0.05, 0.1) is 19.8 Å². The van der Waals surface area contributed by atoms with Crippen LogP contribution in [0.15, 0.2) is 18.2 Å². The summed E-state index contributed by atoms with van der Waals surface area (Å²) in [4.78, 5) is 13.6. The average molecular weight is 405 g/mol. The first kappa shape index (κ1) is 19.6. The molecule has 5 nitrogen and oxygen atoms in total. The van der Waals surface area contributed by atoms with Gasteiger partial charge in [-0.3, -0.25) is 0 Å². The normalized spacial score (nSPS) is 15.6. The van der Waals surface area contributed by atoms with Gasteiger partial charge >= 0.3 is 5.97 Å². The molecule has 0 amide bonds. The van der Waals surface area contributed by atoms with E-state index in [4.69, 9.17) is 21.7 Å². The Morgan fingerprint density at radius 2 is 2.07 bits per heavy atom. The van der Waals surface area contributed by atoms with E-state index in [0.717, 1.165) is 46.8 Å². The number of fused-ring (bicyclic) bond motifs is 1. The maximum Gasteiger partial charge on any atom is 0.341 e. The van der Waals surface area contributed by atoms with Crippen molar-refractivity contribution in [2.24, 2.45) is 5.92 Å². The number of nitrogens with one attached hydrogen (secondary N) is 2. The zero-order valence-corrected chi connectivity index (χ0v) is 17.6. The number of anilines is 2.